The highest BCUT2D eigenvalue weighted by Gasteiger charge is 2.23. The van der Waals surface area contributed by atoms with Gasteiger partial charge in [-0.2, -0.15) is 5.10 Å². The Labute approximate surface area is 183 Å². The van der Waals surface area contributed by atoms with Gasteiger partial charge in [0.1, 0.15) is 22.2 Å². The normalized spacial score (nSPS) is 10.7. The number of aromatic nitrogens is 4. The fourth-order valence-electron chi connectivity index (χ4n) is 3.06. The number of nitrogens with one attached hydrogen (secondary N) is 1. The van der Waals surface area contributed by atoms with Crippen molar-refractivity contribution in [3.05, 3.63) is 65.3 Å². The summed E-state index contributed by atoms with van der Waals surface area (Å²) in [5.74, 6) is 0.881. The largest absolute Gasteiger partial charge is 0.497 e. The molecule has 158 valence electrons. The van der Waals surface area contributed by atoms with Crippen molar-refractivity contribution >= 4 is 22.4 Å². The van der Waals surface area contributed by atoms with Gasteiger partial charge in [-0.05, 0) is 36.8 Å². The van der Waals surface area contributed by atoms with E-state index >= 15 is 0 Å². The van der Waals surface area contributed by atoms with Gasteiger partial charge in [0.15, 0.2) is 0 Å². The summed E-state index contributed by atoms with van der Waals surface area (Å²) in [6.07, 6.45) is 2.45. The van der Waals surface area contributed by atoms with E-state index in [-0.39, 0.29) is 5.91 Å². The Hall–Kier alpha value is -3.72. The lowest BCUT2D eigenvalue weighted by Gasteiger charge is -2.10. The predicted molar refractivity (Wildman–Crippen MR) is 119 cm³/mol. The standard InChI is InChI=1S/C22H21N5O3S/c1-4-19-24-25-22(31-19)23-21(28)17-13-27(14-8-6-5-7-9-14)26-20(17)16-12-15(29-2)10-11-18(16)30-3/h5-13H,4H2,1-3H3,(H,23,25,28). The van der Waals surface area contributed by atoms with Crippen LogP contribution in [0.25, 0.3) is 16.9 Å². The Kier molecular flexibility index (Phi) is 5.94. The van der Waals surface area contributed by atoms with Crippen molar-refractivity contribution in [2.75, 3.05) is 19.5 Å². The second kappa shape index (κ2) is 8.97. The molecular formula is C22H21N5O3S. The maximum Gasteiger partial charge on any atom is 0.261 e. The smallest absolute Gasteiger partial charge is 0.261 e. The average molecular weight is 436 g/mol. The molecule has 4 aromatic rings. The summed E-state index contributed by atoms with van der Waals surface area (Å²) in [4.78, 5) is 13.2. The fourth-order valence-corrected chi connectivity index (χ4v) is 3.74. The van der Waals surface area contributed by atoms with Crippen LogP contribution in [0.4, 0.5) is 5.13 Å². The van der Waals surface area contributed by atoms with Crippen LogP contribution in [0.1, 0.15) is 22.3 Å². The van der Waals surface area contributed by atoms with Gasteiger partial charge in [-0.25, -0.2) is 4.68 Å². The van der Waals surface area contributed by atoms with E-state index in [1.54, 1.807) is 43.3 Å². The monoisotopic (exact) mass is 435 g/mol. The molecule has 0 radical (unpaired) electrons. The van der Waals surface area contributed by atoms with Crippen molar-refractivity contribution in [2.45, 2.75) is 13.3 Å². The van der Waals surface area contributed by atoms with Crippen molar-refractivity contribution < 1.29 is 14.3 Å². The summed E-state index contributed by atoms with van der Waals surface area (Å²) in [6.45, 7) is 1.99. The van der Waals surface area contributed by atoms with Crippen molar-refractivity contribution in [1.29, 1.82) is 0 Å². The third-order valence-corrected chi connectivity index (χ3v) is 5.61. The summed E-state index contributed by atoms with van der Waals surface area (Å²) in [5, 5.41) is 16.9. The number of carbonyl (C=O) groups excluding carboxylic acids is 1. The van der Waals surface area contributed by atoms with E-state index in [0.29, 0.717) is 33.5 Å². The molecule has 1 amide bonds. The second-order valence-corrected chi connectivity index (χ2v) is 7.61. The topological polar surface area (TPSA) is 91.2 Å². The van der Waals surface area contributed by atoms with Crippen molar-refractivity contribution in [3.63, 3.8) is 0 Å². The molecule has 31 heavy (non-hydrogen) atoms. The van der Waals surface area contributed by atoms with Gasteiger partial charge >= 0.3 is 0 Å². The predicted octanol–water partition coefficient (Wildman–Crippen LogP) is 4.22. The third-order valence-electron chi connectivity index (χ3n) is 4.63. The van der Waals surface area contributed by atoms with Crippen LogP contribution in [0, 0.1) is 0 Å². The van der Waals surface area contributed by atoms with E-state index < -0.39 is 0 Å². The summed E-state index contributed by atoms with van der Waals surface area (Å²) in [7, 11) is 3.16. The summed E-state index contributed by atoms with van der Waals surface area (Å²) in [5.41, 5.74) is 2.32. The van der Waals surface area contributed by atoms with Gasteiger partial charge < -0.3 is 9.47 Å². The SMILES string of the molecule is CCc1nnc(NC(=O)c2cn(-c3ccccc3)nc2-c2cc(OC)ccc2OC)s1. The maximum absolute atomic E-state index is 13.2. The molecule has 4 rings (SSSR count). The number of methoxy groups -OCH3 is 2. The molecule has 0 bridgehead atoms. The molecule has 0 aliphatic heterocycles. The number of aryl methyl sites for hydroxylation is 1. The van der Waals surface area contributed by atoms with E-state index in [2.05, 4.69) is 15.5 Å². The number of para-hydroxylation sites is 1. The Balaban J connectivity index is 1.81. The first-order valence-electron chi connectivity index (χ1n) is 9.64. The first-order valence-corrected chi connectivity index (χ1v) is 10.5. The van der Waals surface area contributed by atoms with E-state index in [1.165, 1.54) is 11.3 Å². The van der Waals surface area contributed by atoms with Crippen LogP contribution >= 0.6 is 11.3 Å². The number of nitrogens with zero attached hydrogens (tertiary/aromatic N) is 4. The van der Waals surface area contributed by atoms with Gasteiger partial charge in [0.2, 0.25) is 5.13 Å². The zero-order chi connectivity index (χ0) is 21.8. The van der Waals surface area contributed by atoms with Gasteiger partial charge in [-0.15, -0.1) is 10.2 Å². The molecule has 0 atom stereocenters. The number of ether oxygens (including phenoxy) is 2. The number of hydrogen-bond acceptors (Lipinski definition) is 7. The van der Waals surface area contributed by atoms with Gasteiger partial charge in [-0.1, -0.05) is 36.5 Å². The van der Waals surface area contributed by atoms with Crippen LogP contribution in [0.3, 0.4) is 0 Å². The lowest BCUT2D eigenvalue weighted by molar-refractivity contribution is 0.102. The summed E-state index contributed by atoms with van der Waals surface area (Å²) >= 11 is 1.35. The molecule has 0 spiro atoms. The number of hydrogen-bond donors (Lipinski definition) is 1. The molecule has 0 saturated heterocycles. The Morgan fingerprint density at radius 1 is 1.10 bits per heavy atom. The highest BCUT2D eigenvalue weighted by molar-refractivity contribution is 7.15. The molecule has 0 unspecified atom stereocenters. The molecule has 8 nitrogen and oxygen atoms in total. The number of rotatable bonds is 7. The number of anilines is 1. The van der Waals surface area contributed by atoms with E-state index in [1.807, 2.05) is 37.3 Å². The minimum atomic E-state index is -0.333. The first kappa shape index (κ1) is 20.5. The molecule has 9 heteroatoms. The number of carbonyl (C=O) groups is 1. The van der Waals surface area contributed by atoms with Gasteiger partial charge in [0.05, 0.1) is 25.5 Å². The minimum Gasteiger partial charge on any atom is -0.497 e. The molecular weight excluding hydrogens is 414 g/mol. The lowest BCUT2D eigenvalue weighted by atomic mass is 10.1. The Morgan fingerprint density at radius 2 is 1.90 bits per heavy atom. The number of benzene rings is 2. The molecule has 0 fully saturated rings. The molecule has 2 aromatic heterocycles. The highest BCUT2D eigenvalue weighted by Crippen LogP contribution is 2.35. The third kappa shape index (κ3) is 4.26. The number of amides is 1. The van der Waals surface area contributed by atoms with Crippen LogP contribution in [-0.4, -0.2) is 40.1 Å². The highest BCUT2D eigenvalue weighted by atomic mass is 32.1. The van der Waals surface area contributed by atoms with E-state index in [4.69, 9.17) is 14.6 Å². The van der Waals surface area contributed by atoms with Gasteiger partial charge in [0, 0.05) is 11.8 Å². The quantitative estimate of drug-likeness (QED) is 0.467. The molecule has 1 N–H and O–H groups in total. The minimum absolute atomic E-state index is 0.333. The van der Waals surface area contributed by atoms with E-state index in [0.717, 1.165) is 17.1 Å². The van der Waals surface area contributed by atoms with Crippen LogP contribution in [-0.2, 0) is 6.42 Å². The fraction of sp³-hybridized carbons (Fsp3) is 0.182. The first-order chi connectivity index (χ1) is 15.1. The summed E-state index contributed by atoms with van der Waals surface area (Å²) < 4.78 is 12.6. The molecule has 0 aliphatic rings. The van der Waals surface area contributed by atoms with Crippen LogP contribution in [0.2, 0.25) is 0 Å². The second-order valence-electron chi connectivity index (χ2n) is 6.55. The maximum atomic E-state index is 13.2. The van der Waals surface area contributed by atoms with Crippen molar-refractivity contribution in [2.24, 2.45) is 0 Å². The van der Waals surface area contributed by atoms with E-state index in [9.17, 15) is 4.79 Å². The van der Waals surface area contributed by atoms with Crippen LogP contribution in [0.15, 0.2) is 54.7 Å². The van der Waals surface area contributed by atoms with Crippen LogP contribution in [0.5, 0.6) is 11.5 Å². The Bertz CT molecular complexity index is 1200. The van der Waals surface area contributed by atoms with Crippen molar-refractivity contribution in [1.82, 2.24) is 20.0 Å². The van der Waals surface area contributed by atoms with Crippen molar-refractivity contribution in [3.8, 4) is 28.4 Å². The zero-order valence-electron chi connectivity index (χ0n) is 17.3. The van der Waals surface area contributed by atoms with Gasteiger partial charge in [0.25, 0.3) is 5.91 Å². The molecule has 0 saturated carbocycles. The molecule has 2 aromatic carbocycles. The van der Waals surface area contributed by atoms with Crippen LogP contribution < -0.4 is 14.8 Å². The van der Waals surface area contributed by atoms with Gasteiger partial charge in [-0.3, -0.25) is 10.1 Å². The summed E-state index contributed by atoms with van der Waals surface area (Å²) in [6, 6.07) is 15.0. The Morgan fingerprint density at radius 3 is 2.58 bits per heavy atom. The average Bonchev–Trinajstić information content (AvgIpc) is 3.46. The molecule has 0 aliphatic carbocycles. The lowest BCUT2D eigenvalue weighted by Crippen LogP contribution is -2.12. The molecule has 2 heterocycles. The zero-order valence-corrected chi connectivity index (χ0v) is 18.1.